The SMILES string of the molecule is CC1(C)C(=O)CCC=C1c1ccccc1. The van der Waals surface area contributed by atoms with Crippen LogP contribution in [0.2, 0.25) is 0 Å². The van der Waals surface area contributed by atoms with Gasteiger partial charge in [-0.1, -0.05) is 36.4 Å². The standard InChI is InChI=1S/C14H16O/c1-14(2)12(9-6-10-13(14)15)11-7-4-3-5-8-11/h3-5,7-9H,6,10H2,1-2H3. The maximum atomic E-state index is 11.9. The first-order valence-corrected chi connectivity index (χ1v) is 5.42. The quantitative estimate of drug-likeness (QED) is 0.678. The zero-order valence-electron chi connectivity index (χ0n) is 9.29. The third-order valence-electron chi connectivity index (χ3n) is 3.18. The van der Waals surface area contributed by atoms with Gasteiger partial charge in [0.2, 0.25) is 0 Å². The smallest absolute Gasteiger partial charge is 0.143 e. The molecule has 1 heteroatoms. The van der Waals surface area contributed by atoms with Crippen LogP contribution < -0.4 is 0 Å². The highest BCUT2D eigenvalue weighted by atomic mass is 16.1. The van der Waals surface area contributed by atoms with E-state index in [0.717, 1.165) is 6.42 Å². The van der Waals surface area contributed by atoms with E-state index in [-0.39, 0.29) is 5.41 Å². The summed E-state index contributed by atoms with van der Waals surface area (Å²) in [5.41, 5.74) is 2.04. The lowest BCUT2D eigenvalue weighted by Crippen LogP contribution is -2.28. The Morgan fingerprint density at radius 1 is 1.13 bits per heavy atom. The third kappa shape index (κ3) is 1.74. The lowest BCUT2D eigenvalue weighted by atomic mass is 9.72. The van der Waals surface area contributed by atoms with Crippen LogP contribution in [0.25, 0.3) is 5.57 Å². The summed E-state index contributed by atoms with van der Waals surface area (Å²) in [6, 6.07) is 10.2. The number of carbonyl (C=O) groups excluding carboxylic acids is 1. The molecule has 2 rings (SSSR count). The summed E-state index contributed by atoms with van der Waals surface area (Å²) >= 11 is 0. The highest BCUT2D eigenvalue weighted by molar-refractivity contribution is 5.98. The summed E-state index contributed by atoms with van der Waals surface area (Å²) < 4.78 is 0. The van der Waals surface area contributed by atoms with E-state index in [1.165, 1.54) is 11.1 Å². The van der Waals surface area contributed by atoms with E-state index < -0.39 is 0 Å². The number of ketones is 1. The molecule has 0 unspecified atom stereocenters. The molecule has 0 heterocycles. The Balaban J connectivity index is 2.45. The van der Waals surface area contributed by atoms with Crippen molar-refractivity contribution in [1.29, 1.82) is 0 Å². The molecule has 0 saturated heterocycles. The zero-order valence-corrected chi connectivity index (χ0v) is 9.29. The summed E-state index contributed by atoms with van der Waals surface area (Å²) in [4.78, 5) is 11.9. The van der Waals surface area contributed by atoms with E-state index in [1.807, 2.05) is 32.0 Å². The van der Waals surface area contributed by atoms with Crippen molar-refractivity contribution in [2.24, 2.45) is 5.41 Å². The van der Waals surface area contributed by atoms with Crippen molar-refractivity contribution in [2.45, 2.75) is 26.7 Å². The molecule has 0 saturated carbocycles. The number of benzene rings is 1. The van der Waals surface area contributed by atoms with Crippen LogP contribution in [0.15, 0.2) is 36.4 Å². The minimum Gasteiger partial charge on any atom is -0.299 e. The summed E-state index contributed by atoms with van der Waals surface area (Å²) in [7, 11) is 0. The average molecular weight is 200 g/mol. The molecule has 1 aliphatic carbocycles. The minimum absolute atomic E-state index is 0.320. The van der Waals surface area contributed by atoms with Crippen molar-refractivity contribution in [1.82, 2.24) is 0 Å². The fourth-order valence-electron chi connectivity index (χ4n) is 2.16. The number of allylic oxidation sites excluding steroid dienone is 2. The molecule has 78 valence electrons. The lowest BCUT2D eigenvalue weighted by Gasteiger charge is -2.30. The first kappa shape index (κ1) is 10.2. The van der Waals surface area contributed by atoms with Crippen LogP contribution in [-0.2, 0) is 4.79 Å². The predicted octanol–water partition coefficient (Wildman–Crippen LogP) is 3.46. The number of Topliss-reactive ketones (excluding diaryl/α,β-unsaturated/α-hetero) is 1. The average Bonchev–Trinajstić information content (AvgIpc) is 2.23. The van der Waals surface area contributed by atoms with Gasteiger partial charge in [0.1, 0.15) is 5.78 Å². The Morgan fingerprint density at radius 3 is 2.47 bits per heavy atom. The zero-order chi connectivity index (χ0) is 10.9. The van der Waals surface area contributed by atoms with Crippen LogP contribution in [0.5, 0.6) is 0 Å². The summed E-state index contributed by atoms with van der Waals surface area (Å²) in [5, 5.41) is 0. The molecule has 1 aromatic rings. The van der Waals surface area contributed by atoms with E-state index in [9.17, 15) is 4.79 Å². The van der Waals surface area contributed by atoms with Crippen molar-refractivity contribution >= 4 is 11.4 Å². The van der Waals surface area contributed by atoms with Gasteiger partial charge in [-0.3, -0.25) is 4.79 Å². The molecule has 0 atom stereocenters. The summed E-state index contributed by atoms with van der Waals surface area (Å²) in [5.74, 6) is 0.351. The second kappa shape index (κ2) is 3.65. The number of rotatable bonds is 1. The molecule has 0 radical (unpaired) electrons. The first-order valence-electron chi connectivity index (χ1n) is 5.42. The van der Waals surface area contributed by atoms with Gasteiger partial charge in [0, 0.05) is 11.8 Å². The van der Waals surface area contributed by atoms with Crippen LogP contribution in [0.4, 0.5) is 0 Å². The highest BCUT2D eigenvalue weighted by Crippen LogP contribution is 2.39. The predicted molar refractivity (Wildman–Crippen MR) is 62.4 cm³/mol. The van der Waals surface area contributed by atoms with E-state index >= 15 is 0 Å². The fraction of sp³-hybridized carbons (Fsp3) is 0.357. The molecule has 15 heavy (non-hydrogen) atoms. The Morgan fingerprint density at radius 2 is 1.80 bits per heavy atom. The maximum Gasteiger partial charge on any atom is 0.143 e. The molecule has 0 fully saturated rings. The van der Waals surface area contributed by atoms with Gasteiger partial charge >= 0.3 is 0 Å². The van der Waals surface area contributed by atoms with E-state index in [4.69, 9.17) is 0 Å². The van der Waals surface area contributed by atoms with Crippen LogP contribution in [0, 0.1) is 5.41 Å². The van der Waals surface area contributed by atoms with Gasteiger partial charge in [-0.25, -0.2) is 0 Å². The van der Waals surface area contributed by atoms with Gasteiger partial charge in [0.15, 0.2) is 0 Å². The minimum atomic E-state index is -0.320. The topological polar surface area (TPSA) is 17.1 Å². The van der Waals surface area contributed by atoms with E-state index in [2.05, 4.69) is 18.2 Å². The van der Waals surface area contributed by atoms with Crippen LogP contribution in [-0.4, -0.2) is 5.78 Å². The molecule has 0 aliphatic heterocycles. The Hall–Kier alpha value is -1.37. The van der Waals surface area contributed by atoms with Gasteiger partial charge in [0.25, 0.3) is 0 Å². The van der Waals surface area contributed by atoms with Crippen molar-refractivity contribution < 1.29 is 4.79 Å². The van der Waals surface area contributed by atoms with Crippen molar-refractivity contribution in [2.75, 3.05) is 0 Å². The van der Waals surface area contributed by atoms with Gasteiger partial charge in [-0.05, 0) is 31.4 Å². The first-order chi connectivity index (χ1) is 7.12. The number of hydrogen-bond acceptors (Lipinski definition) is 1. The largest absolute Gasteiger partial charge is 0.299 e. The van der Waals surface area contributed by atoms with Gasteiger partial charge in [0.05, 0.1) is 0 Å². The van der Waals surface area contributed by atoms with E-state index in [1.54, 1.807) is 0 Å². The Kier molecular flexibility index (Phi) is 2.47. The monoisotopic (exact) mass is 200 g/mol. The van der Waals surface area contributed by atoms with Crippen molar-refractivity contribution in [3.63, 3.8) is 0 Å². The molecule has 0 aromatic heterocycles. The second-order valence-corrected chi connectivity index (χ2v) is 4.57. The number of hydrogen-bond donors (Lipinski definition) is 0. The fourth-order valence-corrected chi connectivity index (χ4v) is 2.16. The highest BCUT2D eigenvalue weighted by Gasteiger charge is 2.34. The van der Waals surface area contributed by atoms with E-state index in [0.29, 0.717) is 12.2 Å². The Bertz CT molecular complexity index is 399. The molecule has 1 aliphatic rings. The Labute approximate surface area is 90.8 Å². The lowest BCUT2D eigenvalue weighted by molar-refractivity contribution is -0.124. The molecule has 0 amide bonds. The molecule has 0 N–H and O–H groups in total. The van der Waals surface area contributed by atoms with Gasteiger partial charge < -0.3 is 0 Å². The number of carbonyl (C=O) groups is 1. The normalized spacial score (nSPS) is 19.9. The van der Waals surface area contributed by atoms with Crippen LogP contribution in [0.1, 0.15) is 32.3 Å². The van der Waals surface area contributed by atoms with Gasteiger partial charge in [-0.2, -0.15) is 0 Å². The van der Waals surface area contributed by atoms with Gasteiger partial charge in [-0.15, -0.1) is 0 Å². The molecule has 0 spiro atoms. The summed E-state index contributed by atoms with van der Waals surface area (Å²) in [6.45, 7) is 4.04. The molecular formula is C14H16O. The molecule has 1 aromatic carbocycles. The molecule has 1 nitrogen and oxygen atoms in total. The second-order valence-electron chi connectivity index (χ2n) is 4.57. The molecule has 0 bridgehead atoms. The maximum absolute atomic E-state index is 11.9. The van der Waals surface area contributed by atoms with Crippen LogP contribution >= 0.6 is 0 Å². The third-order valence-corrected chi connectivity index (χ3v) is 3.18. The summed E-state index contributed by atoms with van der Waals surface area (Å²) in [6.07, 6.45) is 3.77. The van der Waals surface area contributed by atoms with Crippen LogP contribution in [0.3, 0.4) is 0 Å². The molecular weight excluding hydrogens is 184 g/mol. The van der Waals surface area contributed by atoms with Crippen molar-refractivity contribution in [3.8, 4) is 0 Å². The van der Waals surface area contributed by atoms with Crippen molar-refractivity contribution in [3.05, 3.63) is 42.0 Å².